The number of ether oxygens (including phenoxy) is 1. The zero-order chi connectivity index (χ0) is 8.93. The van der Waals surface area contributed by atoms with Crippen LogP contribution in [-0.4, -0.2) is 19.2 Å². The maximum atomic E-state index is 5.73. The van der Waals surface area contributed by atoms with Gasteiger partial charge in [-0.15, -0.1) is 17.0 Å². The van der Waals surface area contributed by atoms with Crippen LogP contribution in [0.1, 0.15) is 12.0 Å². The van der Waals surface area contributed by atoms with Gasteiger partial charge in [0.1, 0.15) is 0 Å². The highest BCUT2D eigenvalue weighted by Gasteiger charge is 2.13. The topological polar surface area (TPSA) is 21.3 Å². The zero-order valence-electron chi connectivity index (χ0n) is 8.11. The van der Waals surface area contributed by atoms with Crippen molar-refractivity contribution < 1.29 is 4.74 Å². The van der Waals surface area contributed by atoms with Gasteiger partial charge in [0.15, 0.2) is 0 Å². The smallest absolute Gasteiger partial charge is 0.0721 e. The molecule has 0 saturated carbocycles. The van der Waals surface area contributed by atoms with Crippen LogP contribution in [0.25, 0.3) is 0 Å². The first-order valence-electron chi connectivity index (χ1n) is 4.81. The molecule has 0 spiro atoms. The molecule has 0 radical (unpaired) electrons. The highest BCUT2D eigenvalue weighted by molar-refractivity contribution is 8.93. The number of rotatable bonds is 3. The normalized spacial score (nSPS) is 20.4. The van der Waals surface area contributed by atoms with Crippen molar-refractivity contribution in [2.24, 2.45) is 0 Å². The van der Waals surface area contributed by atoms with E-state index >= 15 is 0 Å². The molecule has 0 aromatic heterocycles. The molecular formula is C11H16BrNO. The van der Waals surface area contributed by atoms with E-state index in [1.54, 1.807) is 0 Å². The minimum atomic E-state index is 0. The number of hydrogen-bond donors (Lipinski definition) is 1. The molecule has 1 aromatic rings. The summed E-state index contributed by atoms with van der Waals surface area (Å²) in [6, 6.07) is 10.3. The van der Waals surface area contributed by atoms with Gasteiger partial charge in [0.2, 0.25) is 0 Å². The Morgan fingerprint density at radius 1 is 1.29 bits per heavy atom. The molecule has 2 nitrogen and oxygen atoms in total. The van der Waals surface area contributed by atoms with Crippen LogP contribution in [0.15, 0.2) is 30.3 Å². The fourth-order valence-electron chi connectivity index (χ4n) is 1.56. The highest BCUT2D eigenvalue weighted by atomic mass is 79.9. The standard InChI is InChI=1S/C11H15NO.BrH/c1-2-4-10(5-3-1)9-13-11-6-7-12-8-11;/h1-5,11-12H,6-9H2;1H/t11-;/m1./s1. The fourth-order valence-corrected chi connectivity index (χ4v) is 1.56. The van der Waals surface area contributed by atoms with E-state index < -0.39 is 0 Å². The van der Waals surface area contributed by atoms with Gasteiger partial charge < -0.3 is 10.1 Å². The first-order valence-corrected chi connectivity index (χ1v) is 4.81. The summed E-state index contributed by atoms with van der Waals surface area (Å²) >= 11 is 0. The molecule has 1 aliphatic rings. The lowest BCUT2D eigenvalue weighted by molar-refractivity contribution is 0.0542. The van der Waals surface area contributed by atoms with Gasteiger partial charge in [-0.3, -0.25) is 0 Å². The molecular weight excluding hydrogens is 242 g/mol. The maximum absolute atomic E-state index is 5.73. The predicted molar refractivity (Wildman–Crippen MR) is 62.8 cm³/mol. The summed E-state index contributed by atoms with van der Waals surface area (Å²) in [6.45, 7) is 2.85. The molecule has 14 heavy (non-hydrogen) atoms. The molecule has 1 N–H and O–H groups in total. The van der Waals surface area contributed by atoms with Crippen molar-refractivity contribution in [3.8, 4) is 0 Å². The maximum Gasteiger partial charge on any atom is 0.0721 e. The Morgan fingerprint density at radius 3 is 2.71 bits per heavy atom. The predicted octanol–water partition coefficient (Wildman–Crippen LogP) is 2.14. The van der Waals surface area contributed by atoms with Crippen molar-refractivity contribution in [1.82, 2.24) is 5.32 Å². The molecule has 0 aliphatic carbocycles. The van der Waals surface area contributed by atoms with Crippen LogP contribution in [0.2, 0.25) is 0 Å². The summed E-state index contributed by atoms with van der Waals surface area (Å²) in [4.78, 5) is 0. The van der Waals surface area contributed by atoms with Gasteiger partial charge in [-0.05, 0) is 18.5 Å². The summed E-state index contributed by atoms with van der Waals surface area (Å²) in [6.07, 6.45) is 1.56. The molecule has 1 aliphatic heterocycles. The van der Waals surface area contributed by atoms with Crippen molar-refractivity contribution in [2.75, 3.05) is 13.1 Å². The third-order valence-electron chi connectivity index (χ3n) is 2.34. The Labute approximate surface area is 95.4 Å². The van der Waals surface area contributed by atoms with Gasteiger partial charge in [-0.1, -0.05) is 30.3 Å². The summed E-state index contributed by atoms with van der Waals surface area (Å²) in [7, 11) is 0. The third-order valence-corrected chi connectivity index (χ3v) is 2.34. The first kappa shape index (κ1) is 11.7. The molecule has 78 valence electrons. The largest absolute Gasteiger partial charge is 0.372 e. The molecule has 1 fully saturated rings. The van der Waals surface area contributed by atoms with Crippen LogP contribution < -0.4 is 5.32 Å². The van der Waals surface area contributed by atoms with Gasteiger partial charge >= 0.3 is 0 Å². The van der Waals surface area contributed by atoms with Crippen LogP contribution in [0.3, 0.4) is 0 Å². The summed E-state index contributed by atoms with van der Waals surface area (Å²) in [5, 5.41) is 3.28. The van der Waals surface area contributed by atoms with Crippen LogP contribution >= 0.6 is 17.0 Å². The molecule has 1 saturated heterocycles. The molecule has 2 rings (SSSR count). The van der Waals surface area contributed by atoms with Crippen molar-refractivity contribution >= 4 is 17.0 Å². The molecule has 0 unspecified atom stereocenters. The number of benzene rings is 1. The Kier molecular flexibility index (Phi) is 5.15. The highest BCUT2D eigenvalue weighted by Crippen LogP contribution is 2.07. The number of nitrogens with one attached hydrogen (secondary N) is 1. The number of halogens is 1. The van der Waals surface area contributed by atoms with E-state index in [2.05, 4.69) is 17.4 Å². The van der Waals surface area contributed by atoms with Gasteiger partial charge in [0.05, 0.1) is 12.7 Å². The van der Waals surface area contributed by atoms with Gasteiger partial charge in [-0.25, -0.2) is 0 Å². The Balaban J connectivity index is 0.000000980. The second-order valence-electron chi connectivity index (χ2n) is 3.41. The zero-order valence-corrected chi connectivity index (χ0v) is 9.82. The van der Waals surface area contributed by atoms with E-state index in [0.29, 0.717) is 6.10 Å². The molecule has 3 heteroatoms. The van der Waals surface area contributed by atoms with Crippen molar-refractivity contribution in [1.29, 1.82) is 0 Å². The average Bonchev–Trinajstić information content (AvgIpc) is 2.69. The Hall–Kier alpha value is -0.380. The fraction of sp³-hybridized carbons (Fsp3) is 0.455. The van der Waals surface area contributed by atoms with E-state index in [-0.39, 0.29) is 17.0 Å². The first-order chi connectivity index (χ1) is 6.45. The molecule has 1 heterocycles. The Morgan fingerprint density at radius 2 is 2.07 bits per heavy atom. The summed E-state index contributed by atoms with van der Waals surface area (Å²) in [5.41, 5.74) is 1.26. The molecule has 0 bridgehead atoms. The van der Waals surface area contributed by atoms with Crippen molar-refractivity contribution in [2.45, 2.75) is 19.1 Å². The van der Waals surface area contributed by atoms with Gasteiger partial charge in [0, 0.05) is 6.54 Å². The van der Waals surface area contributed by atoms with E-state index in [1.807, 2.05) is 18.2 Å². The van der Waals surface area contributed by atoms with Crippen LogP contribution in [0, 0.1) is 0 Å². The second-order valence-corrected chi connectivity index (χ2v) is 3.41. The lowest BCUT2D eigenvalue weighted by Crippen LogP contribution is -2.16. The van der Waals surface area contributed by atoms with Gasteiger partial charge in [-0.2, -0.15) is 0 Å². The Bertz CT molecular complexity index is 247. The van der Waals surface area contributed by atoms with Gasteiger partial charge in [0.25, 0.3) is 0 Å². The number of hydrogen-bond acceptors (Lipinski definition) is 2. The average molecular weight is 258 g/mol. The monoisotopic (exact) mass is 257 g/mol. The van der Waals surface area contributed by atoms with Crippen molar-refractivity contribution in [3.63, 3.8) is 0 Å². The van der Waals surface area contributed by atoms with Crippen LogP contribution in [0.4, 0.5) is 0 Å². The van der Waals surface area contributed by atoms with Crippen LogP contribution in [0.5, 0.6) is 0 Å². The van der Waals surface area contributed by atoms with Crippen molar-refractivity contribution in [3.05, 3.63) is 35.9 Å². The molecule has 0 amide bonds. The minimum absolute atomic E-state index is 0. The SMILES string of the molecule is Br.c1ccc(CO[C@@H]2CCNC2)cc1. The summed E-state index contributed by atoms with van der Waals surface area (Å²) < 4.78 is 5.73. The lowest BCUT2D eigenvalue weighted by atomic mass is 10.2. The van der Waals surface area contributed by atoms with E-state index in [0.717, 1.165) is 26.1 Å². The van der Waals surface area contributed by atoms with E-state index in [1.165, 1.54) is 5.56 Å². The lowest BCUT2D eigenvalue weighted by Gasteiger charge is -2.09. The summed E-state index contributed by atoms with van der Waals surface area (Å²) in [5.74, 6) is 0. The van der Waals surface area contributed by atoms with E-state index in [4.69, 9.17) is 4.74 Å². The minimum Gasteiger partial charge on any atom is -0.372 e. The molecule has 1 aromatic carbocycles. The van der Waals surface area contributed by atoms with E-state index in [9.17, 15) is 0 Å². The second kappa shape index (κ2) is 6.17. The third kappa shape index (κ3) is 3.40. The van der Waals surface area contributed by atoms with Crippen LogP contribution in [-0.2, 0) is 11.3 Å². The molecule has 1 atom stereocenters. The quantitative estimate of drug-likeness (QED) is 0.896.